The van der Waals surface area contributed by atoms with E-state index in [1.807, 2.05) is 10.6 Å². The van der Waals surface area contributed by atoms with Gasteiger partial charge in [0.25, 0.3) is 23.6 Å². The minimum Gasteiger partial charge on any atom is -0.508 e. The molecule has 0 radical (unpaired) electrons. The number of nitro groups is 2. The van der Waals surface area contributed by atoms with E-state index in [-0.39, 0.29) is 22.7 Å². The number of aliphatic imine (C=N–C) groups is 4. The van der Waals surface area contributed by atoms with Crippen molar-refractivity contribution < 1.29 is 48.8 Å². The van der Waals surface area contributed by atoms with Crippen molar-refractivity contribution in [1.82, 2.24) is 26.6 Å². The van der Waals surface area contributed by atoms with Crippen LogP contribution < -0.4 is 77.4 Å². The van der Waals surface area contributed by atoms with E-state index < -0.39 is 136 Å². The number of nitriles is 1. The zero-order valence-corrected chi connectivity index (χ0v) is 36.9. The summed E-state index contributed by atoms with van der Waals surface area (Å²) in [7, 11) is 0. The summed E-state index contributed by atoms with van der Waals surface area (Å²) < 4.78 is 0. The molecule has 0 aliphatic heterocycles. The van der Waals surface area contributed by atoms with E-state index in [0.29, 0.717) is 12.1 Å². The number of nitrogens with one attached hydrogen (secondary N) is 5. The maximum absolute atomic E-state index is 14.4. The highest BCUT2D eigenvalue weighted by atomic mass is 16.6. The minimum atomic E-state index is -2.23. The zero-order chi connectivity index (χ0) is 53.3. The van der Waals surface area contributed by atoms with E-state index in [9.17, 15) is 64.5 Å². The number of amides is 6. The molecular weight excluding hydrogens is 943 g/mol. The first-order chi connectivity index (χ1) is 33.4. The molecule has 0 aliphatic carbocycles. The average molecular weight is 990 g/mol. The second kappa shape index (κ2) is 24.9. The van der Waals surface area contributed by atoms with Gasteiger partial charge in [-0.3, -0.25) is 49.0 Å². The third-order valence-electron chi connectivity index (χ3n) is 9.00. The Balaban J connectivity index is 2.09. The molecule has 0 bridgehead atoms. The summed E-state index contributed by atoms with van der Waals surface area (Å²) in [5.41, 5.74) is 40.3. The summed E-state index contributed by atoms with van der Waals surface area (Å²) in [5.74, 6) is -10.9. The van der Waals surface area contributed by atoms with E-state index in [0.717, 1.165) is 4.90 Å². The molecule has 71 heavy (non-hydrogen) atoms. The highest BCUT2D eigenvalue weighted by Crippen LogP contribution is 2.41. The number of amidine groups is 1. The molecule has 3 aromatic carbocycles. The molecule has 33 nitrogen and oxygen atoms in total. The van der Waals surface area contributed by atoms with Crippen molar-refractivity contribution >= 4 is 76.2 Å². The molecule has 0 heterocycles. The van der Waals surface area contributed by atoms with Crippen LogP contribution in [0.5, 0.6) is 5.75 Å². The van der Waals surface area contributed by atoms with Crippen molar-refractivity contribution in [2.24, 2.45) is 65.8 Å². The van der Waals surface area contributed by atoms with E-state index in [2.05, 4.69) is 35.9 Å². The second-order valence-corrected chi connectivity index (χ2v) is 14.3. The molecule has 376 valence electrons. The number of nitrogens with zero attached hydrogens (tertiary/aromatic N) is 8. The van der Waals surface area contributed by atoms with Crippen molar-refractivity contribution in [2.45, 2.75) is 50.2 Å². The van der Waals surface area contributed by atoms with Crippen LogP contribution in [0.15, 0.2) is 86.7 Å². The van der Waals surface area contributed by atoms with Crippen LogP contribution in [0.25, 0.3) is 0 Å². The van der Waals surface area contributed by atoms with Gasteiger partial charge in [0.05, 0.1) is 33.9 Å². The van der Waals surface area contributed by atoms with Gasteiger partial charge < -0.3 is 87.6 Å². The van der Waals surface area contributed by atoms with Crippen molar-refractivity contribution in [3.63, 3.8) is 0 Å². The number of hydrogen-bond acceptors (Lipinski definition) is 18. The van der Waals surface area contributed by atoms with E-state index in [1.165, 1.54) is 61.5 Å². The summed E-state index contributed by atoms with van der Waals surface area (Å²) in [6.45, 7) is -0.654. The van der Waals surface area contributed by atoms with Crippen molar-refractivity contribution in [2.75, 3.05) is 11.5 Å². The van der Waals surface area contributed by atoms with Gasteiger partial charge in [-0.05, 0) is 30.2 Å². The highest BCUT2D eigenvalue weighted by molar-refractivity contribution is 5.99. The molecule has 23 N–H and O–H groups in total. The number of aliphatic hydroxyl groups excluding tert-OH is 1. The maximum atomic E-state index is 14.4. The number of carbonyl (C=O) groups is 6. The fraction of sp³-hybridized carbons (Fsp3) is 0.237. The van der Waals surface area contributed by atoms with Gasteiger partial charge in [0.2, 0.25) is 36.5 Å². The fourth-order valence-electron chi connectivity index (χ4n) is 6.04. The lowest BCUT2D eigenvalue weighted by Gasteiger charge is -2.32. The molecule has 6 atom stereocenters. The first-order valence-electron chi connectivity index (χ1n) is 19.8. The highest BCUT2D eigenvalue weighted by Gasteiger charge is 2.40. The third-order valence-corrected chi connectivity index (χ3v) is 9.00. The maximum Gasteiger partial charge on any atom is 0.301 e. The topological polar surface area (TPSA) is 574 Å². The molecule has 0 fully saturated rings. The molecular formula is C38H47N21O12. The third kappa shape index (κ3) is 15.9. The van der Waals surface area contributed by atoms with Gasteiger partial charge in [0.15, 0.2) is 23.6 Å². The zero-order valence-electron chi connectivity index (χ0n) is 36.9. The Bertz CT molecular complexity index is 2640. The fourth-order valence-corrected chi connectivity index (χ4v) is 6.04. The van der Waals surface area contributed by atoms with E-state index in [4.69, 9.17) is 45.9 Å². The first kappa shape index (κ1) is 54.9. The van der Waals surface area contributed by atoms with Crippen molar-refractivity contribution in [1.29, 1.82) is 5.26 Å². The molecule has 3 rings (SSSR count). The minimum absolute atomic E-state index is 0.0319. The van der Waals surface area contributed by atoms with Gasteiger partial charge in [-0.1, -0.05) is 42.5 Å². The molecule has 0 spiro atoms. The quantitative estimate of drug-likeness (QED) is 0.0182. The lowest BCUT2D eigenvalue weighted by Crippen LogP contribution is -2.58. The number of guanidine groups is 3. The number of benzene rings is 3. The largest absolute Gasteiger partial charge is 0.508 e. The van der Waals surface area contributed by atoms with Gasteiger partial charge in [0.1, 0.15) is 17.8 Å². The number of hydrogen-bond donors (Lipinski definition) is 15. The Kier molecular flexibility index (Phi) is 19.3. The van der Waals surface area contributed by atoms with Crippen LogP contribution in [-0.2, 0) is 35.3 Å². The molecule has 0 saturated heterocycles. The molecule has 0 aliphatic rings. The number of phenols is 1. The van der Waals surface area contributed by atoms with Gasteiger partial charge in [0, 0.05) is 18.7 Å². The van der Waals surface area contributed by atoms with Gasteiger partial charge in [-0.2, -0.15) is 5.26 Å². The number of phenolic OH excluding ortho intramolecular Hbond substituents is 1. The van der Waals surface area contributed by atoms with Crippen LogP contribution in [0.3, 0.4) is 0 Å². The Morgan fingerprint density at radius 3 is 1.51 bits per heavy atom. The van der Waals surface area contributed by atoms with Gasteiger partial charge >= 0.3 is 11.4 Å². The Hall–Kier alpha value is -10.4. The number of carbonyl (C=O) groups excluding carboxylic acids is 6. The molecule has 0 aromatic heterocycles. The van der Waals surface area contributed by atoms with Crippen LogP contribution in [0, 0.1) is 31.6 Å². The predicted octanol–water partition coefficient (Wildman–Crippen LogP) is -6.24. The Morgan fingerprint density at radius 2 is 1.10 bits per heavy atom. The number of aliphatic hydroxyl groups is 1. The molecule has 6 unspecified atom stereocenters. The molecule has 6 amide bonds. The smallest absolute Gasteiger partial charge is 0.301 e. The van der Waals surface area contributed by atoms with Crippen LogP contribution in [0.4, 0.5) is 17.1 Å². The van der Waals surface area contributed by atoms with E-state index in [1.54, 1.807) is 6.07 Å². The molecule has 33 heteroatoms. The van der Waals surface area contributed by atoms with E-state index >= 15 is 0 Å². The number of anilines is 1. The van der Waals surface area contributed by atoms with Crippen LogP contribution in [0.1, 0.15) is 29.7 Å². The SMILES string of the molecule is CC(N)=NC(NC(=O)C(N=C(N)N)NC(=O)C(N=C(N)N)NC(=O)C(NC(=O)C(CO)N(Cc1ccc(O)cc1)c1c([N+](=O)[O-])cc(C#N)cc1[N+](=O)[O-])c1ccccc1)C(=O)NC(N=C(N)N)C(N)=O. The van der Waals surface area contributed by atoms with Crippen molar-refractivity contribution in [3.8, 4) is 11.8 Å². The van der Waals surface area contributed by atoms with Crippen LogP contribution >= 0.6 is 0 Å². The summed E-state index contributed by atoms with van der Waals surface area (Å²) in [6, 6.07) is 11.0. The lowest BCUT2D eigenvalue weighted by atomic mass is 10.0. The second-order valence-electron chi connectivity index (χ2n) is 14.3. The Morgan fingerprint density at radius 1 is 0.662 bits per heavy atom. The number of aromatic hydroxyl groups is 1. The molecule has 3 aromatic rings. The van der Waals surface area contributed by atoms with Crippen LogP contribution in [0.2, 0.25) is 0 Å². The van der Waals surface area contributed by atoms with Gasteiger partial charge in [-0.25, -0.2) is 20.0 Å². The normalized spacial score (nSPS) is 13.3. The summed E-state index contributed by atoms with van der Waals surface area (Å²) >= 11 is 0. The number of nitrogens with two attached hydrogens (primary N) is 8. The Labute approximate surface area is 399 Å². The molecule has 0 saturated carbocycles. The average Bonchev–Trinajstić information content (AvgIpc) is 3.29. The lowest BCUT2D eigenvalue weighted by molar-refractivity contribution is -0.392. The summed E-state index contributed by atoms with van der Waals surface area (Å²) in [4.78, 5) is 119. The predicted molar refractivity (Wildman–Crippen MR) is 249 cm³/mol. The van der Waals surface area contributed by atoms with Crippen LogP contribution in [-0.4, -0.2) is 117 Å². The number of nitro benzene ring substituents is 2. The number of rotatable bonds is 23. The van der Waals surface area contributed by atoms with Gasteiger partial charge in [-0.15, -0.1) is 0 Å². The van der Waals surface area contributed by atoms with Crippen molar-refractivity contribution in [3.05, 3.63) is 104 Å². The summed E-state index contributed by atoms with van der Waals surface area (Å²) in [5, 5.41) is 65.7. The number of primary amides is 1. The standard InChI is InChI=1S/C38H47N21O12/c1-16(40)48-28(33(65)50-27(26(41)62)54-36(42)43)52-35(67)30(56-38(46)47)53-34(66)29(55-37(44)45)51-32(64)24(19-5-3-2-4-6-19)49-31(63)23(15-60)57(14-17-7-9-20(61)10-8-17)25-21(58(68)69)11-18(13-39)12-22(25)59(70)71/h2-12,23-24,27-30,60-61H,14-15H2,1H3,(H2,40,48)(H2,41,62)(H,49,63)(H,50,65)(H,51,64)(H,52,67)(H,53,66)(H4,42,43,54)(H4,44,45,55)(H4,46,47,56). The monoisotopic (exact) mass is 989 g/mol. The first-order valence-corrected chi connectivity index (χ1v) is 19.8. The summed E-state index contributed by atoms with van der Waals surface area (Å²) in [6.07, 6.45) is -8.33.